The van der Waals surface area contributed by atoms with E-state index in [1.165, 1.54) is 30.3 Å². The second-order valence-corrected chi connectivity index (χ2v) is 6.17. The number of nitrogens with one attached hydrogen (secondary N) is 1. The van der Waals surface area contributed by atoms with Crippen LogP contribution >= 0.6 is 11.6 Å². The highest BCUT2D eigenvalue weighted by Crippen LogP contribution is 2.26. The van der Waals surface area contributed by atoms with Gasteiger partial charge < -0.3 is 10.1 Å². The fourth-order valence-corrected chi connectivity index (χ4v) is 2.52. The molecule has 0 aliphatic rings. The van der Waals surface area contributed by atoms with Crippen molar-refractivity contribution in [1.82, 2.24) is 4.57 Å². The number of nitrogens with zero attached hydrogens (tertiary/aromatic N) is 1. The number of hydrogen-bond acceptors (Lipinski definition) is 3. The van der Waals surface area contributed by atoms with Crippen molar-refractivity contribution in [3.05, 3.63) is 88.3 Å². The first-order valence-electron chi connectivity index (χ1n) is 7.98. The standard InChI is InChI=1S/C19H11ClF4N2O3/c20-19(23,24)29-13-7-5-12(6-8-13)25-18(28)11-4-9-16(27)26(10-11)15-3-1-2-14(21)17(15)22/h1-10H,(H,25,28). The zero-order valence-electron chi connectivity index (χ0n) is 14.3. The van der Waals surface area contributed by atoms with Crippen molar-refractivity contribution >= 4 is 23.2 Å². The van der Waals surface area contributed by atoms with Gasteiger partial charge in [0.25, 0.3) is 11.5 Å². The summed E-state index contributed by atoms with van der Waals surface area (Å²) in [5, 5.41) is 2.47. The van der Waals surface area contributed by atoms with E-state index in [1.54, 1.807) is 0 Å². The van der Waals surface area contributed by atoms with Gasteiger partial charge in [0.05, 0.1) is 11.3 Å². The topological polar surface area (TPSA) is 60.3 Å². The quantitative estimate of drug-likeness (QED) is 0.481. The number of halogens is 5. The Labute approximate surface area is 166 Å². The molecule has 2 aromatic carbocycles. The van der Waals surface area contributed by atoms with Crippen LogP contribution in [0.3, 0.4) is 0 Å². The third kappa shape index (κ3) is 4.94. The van der Waals surface area contributed by atoms with E-state index < -0.39 is 28.7 Å². The van der Waals surface area contributed by atoms with Crippen LogP contribution in [0.4, 0.5) is 23.2 Å². The van der Waals surface area contributed by atoms with Gasteiger partial charge >= 0.3 is 5.57 Å². The van der Waals surface area contributed by atoms with E-state index in [2.05, 4.69) is 21.7 Å². The molecule has 0 spiro atoms. The van der Waals surface area contributed by atoms with E-state index in [1.807, 2.05) is 0 Å². The van der Waals surface area contributed by atoms with Gasteiger partial charge in [-0.25, -0.2) is 8.78 Å². The summed E-state index contributed by atoms with van der Waals surface area (Å²) < 4.78 is 57.6. The normalized spacial score (nSPS) is 11.2. The third-order valence-electron chi connectivity index (χ3n) is 3.71. The van der Waals surface area contributed by atoms with Crippen molar-refractivity contribution in [1.29, 1.82) is 0 Å². The SMILES string of the molecule is O=C(Nc1ccc(OC(F)(F)Cl)cc1)c1ccc(=O)n(-c2cccc(F)c2F)c1. The molecule has 150 valence electrons. The molecular weight excluding hydrogens is 416 g/mol. The summed E-state index contributed by atoms with van der Waals surface area (Å²) in [6.07, 6.45) is 1.06. The van der Waals surface area contributed by atoms with E-state index in [-0.39, 0.29) is 22.7 Å². The summed E-state index contributed by atoms with van der Waals surface area (Å²) in [6, 6.07) is 10.4. The molecule has 1 heterocycles. The number of aromatic nitrogens is 1. The lowest BCUT2D eigenvalue weighted by molar-refractivity contribution is -0.0964. The first-order valence-corrected chi connectivity index (χ1v) is 8.36. The van der Waals surface area contributed by atoms with Crippen LogP contribution in [0.15, 0.2) is 65.6 Å². The average molecular weight is 427 g/mol. The van der Waals surface area contributed by atoms with E-state index in [9.17, 15) is 27.2 Å². The molecule has 1 amide bonds. The Balaban J connectivity index is 1.83. The van der Waals surface area contributed by atoms with Crippen molar-refractivity contribution < 1.29 is 27.1 Å². The molecular formula is C19H11ClF4N2O3. The maximum Gasteiger partial charge on any atom is 0.487 e. The Morgan fingerprint density at radius 3 is 2.38 bits per heavy atom. The molecule has 0 aliphatic carbocycles. The van der Waals surface area contributed by atoms with Crippen LogP contribution in [0, 0.1) is 11.6 Å². The monoisotopic (exact) mass is 426 g/mol. The fraction of sp³-hybridized carbons (Fsp3) is 0.0526. The summed E-state index contributed by atoms with van der Waals surface area (Å²) in [5.74, 6) is -3.28. The minimum absolute atomic E-state index is 0.0270. The minimum atomic E-state index is -3.87. The number of amides is 1. The number of hydrogen-bond donors (Lipinski definition) is 1. The number of rotatable bonds is 5. The molecule has 29 heavy (non-hydrogen) atoms. The van der Waals surface area contributed by atoms with Gasteiger partial charge in [0.2, 0.25) is 0 Å². The van der Waals surface area contributed by atoms with Crippen molar-refractivity contribution in [2.24, 2.45) is 0 Å². The number of carbonyl (C=O) groups excluding carboxylic acids is 1. The lowest BCUT2D eigenvalue weighted by Crippen LogP contribution is -2.22. The average Bonchev–Trinajstić information content (AvgIpc) is 2.65. The molecule has 3 aromatic rings. The number of anilines is 1. The summed E-state index contributed by atoms with van der Waals surface area (Å²) in [7, 11) is 0. The van der Waals surface area contributed by atoms with Gasteiger partial charge in [-0.3, -0.25) is 14.2 Å². The second kappa shape index (κ2) is 7.96. The smallest absolute Gasteiger partial charge is 0.420 e. The number of pyridine rings is 1. The molecule has 0 saturated heterocycles. The molecule has 1 aromatic heterocycles. The van der Waals surface area contributed by atoms with Crippen LogP contribution in [0.25, 0.3) is 5.69 Å². The lowest BCUT2D eigenvalue weighted by atomic mass is 10.2. The van der Waals surface area contributed by atoms with Crippen LogP contribution in [-0.2, 0) is 0 Å². The van der Waals surface area contributed by atoms with Crippen molar-refractivity contribution in [2.45, 2.75) is 5.57 Å². The lowest BCUT2D eigenvalue weighted by Gasteiger charge is -2.12. The van der Waals surface area contributed by atoms with Crippen molar-refractivity contribution in [2.75, 3.05) is 5.32 Å². The molecule has 0 unspecified atom stereocenters. The molecule has 0 bridgehead atoms. The van der Waals surface area contributed by atoms with Gasteiger partial charge in [-0.2, -0.15) is 0 Å². The highest BCUT2D eigenvalue weighted by Gasteiger charge is 2.27. The molecule has 0 aliphatic heterocycles. The van der Waals surface area contributed by atoms with E-state index >= 15 is 0 Å². The first kappa shape index (κ1) is 20.4. The van der Waals surface area contributed by atoms with Gasteiger partial charge in [0, 0.05) is 29.6 Å². The van der Waals surface area contributed by atoms with Crippen LogP contribution in [0.2, 0.25) is 0 Å². The second-order valence-electron chi connectivity index (χ2n) is 5.73. The highest BCUT2D eigenvalue weighted by molar-refractivity contribution is 6.20. The summed E-state index contributed by atoms with van der Waals surface area (Å²) in [6.45, 7) is 0. The molecule has 1 N–H and O–H groups in total. The van der Waals surface area contributed by atoms with Gasteiger partial charge in [-0.15, -0.1) is 8.78 Å². The fourth-order valence-electron chi connectivity index (χ4n) is 2.43. The van der Waals surface area contributed by atoms with E-state index in [0.29, 0.717) is 0 Å². The van der Waals surface area contributed by atoms with Gasteiger partial charge in [0.1, 0.15) is 5.75 Å². The van der Waals surface area contributed by atoms with E-state index in [4.69, 9.17) is 0 Å². The molecule has 0 atom stereocenters. The predicted octanol–water partition coefficient (Wildman–Crippen LogP) is 4.54. The van der Waals surface area contributed by atoms with E-state index in [0.717, 1.165) is 35.0 Å². The number of alkyl halides is 3. The minimum Gasteiger partial charge on any atom is -0.420 e. The zero-order chi connectivity index (χ0) is 21.2. The van der Waals surface area contributed by atoms with Gasteiger partial charge in [-0.05, 0) is 42.5 Å². The van der Waals surface area contributed by atoms with Crippen molar-refractivity contribution in [3.8, 4) is 11.4 Å². The Hall–Kier alpha value is -3.33. The van der Waals surface area contributed by atoms with Crippen molar-refractivity contribution in [3.63, 3.8) is 0 Å². The maximum absolute atomic E-state index is 14.0. The van der Waals surface area contributed by atoms with Crippen LogP contribution in [0.5, 0.6) is 5.75 Å². The Morgan fingerprint density at radius 1 is 1.03 bits per heavy atom. The summed E-state index contributed by atoms with van der Waals surface area (Å²) >= 11 is 4.67. The van der Waals surface area contributed by atoms with Gasteiger partial charge in [0.15, 0.2) is 11.6 Å². The highest BCUT2D eigenvalue weighted by atomic mass is 35.5. The zero-order valence-corrected chi connectivity index (χ0v) is 15.1. The molecule has 0 radical (unpaired) electrons. The molecule has 3 rings (SSSR count). The molecule has 0 fully saturated rings. The maximum atomic E-state index is 14.0. The predicted molar refractivity (Wildman–Crippen MR) is 97.8 cm³/mol. The number of ether oxygens (including phenoxy) is 1. The Bertz CT molecular complexity index is 1110. The first-order chi connectivity index (χ1) is 13.6. The van der Waals surface area contributed by atoms with Crippen LogP contribution in [-0.4, -0.2) is 16.0 Å². The summed E-state index contributed by atoms with van der Waals surface area (Å²) in [4.78, 5) is 24.4. The van der Waals surface area contributed by atoms with Crippen LogP contribution in [0.1, 0.15) is 10.4 Å². The molecule has 0 saturated carbocycles. The summed E-state index contributed by atoms with van der Waals surface area (Å²) in [5.41, 5.74) is -4.69. The number of carbonyl (C=O) groups is 1. The van der Waals surface area contributed by atoms with Crippen LogP contribution < -0.4 is 15.6 Å². The number of benzene rings is 2. The Morgan fingerprint density at radius 2 is 1.72 bits per heavy atom. The largest absolute Gasteiger partial charge is 0.487 e. The van der Waals surface area contributed by atoms with Gasteiger partial charge in [-0.1, -0.05) is 6.07 Å². The molecule has 10 heteroatoms. The molecule has 5 nitrogen and oxygen atoms in total. The third-order valence-corrected chi connectivity index (χ3v) is 3.79. The Kier molecular flexibility index (Phi) is 5.60.